The molecule has 24 heavy (non-hydrogen) atoms. The molecule has 2 rings (SSSR count). The molecule has 0 aliphatic rings. The van der Waals surface area contributed by atoms with Gasteiger partial charge in [0.25, 0.3) is 15.9 Å². The minimum atomic E-state index is -4.07. The molecule has 0 atom stereocenters. The smallest absolute Gasteiger partial charge is 0.271 e. The Bertz CT molecular complexity index is 840. The largest absolute Gasteiger partial charge is 0.508 e. The first-order chi connectivity index (χ1) is 11.4. The van der Waals surface area contributed by atoms with Crippen LogP contribution in [0.1, 0.15) is 20.3 Å². The van der Waals surface area contributed by atoms with Crippen LogP contribution in [0.2, 0.25) is 0 Å². The standard InChI is InChI=1S/C18H19NO4S/c1-3-7-14(2)18(21)19(15-10-12-16(20)13-11-15)24(22,23)17-8-5-4-6-9-17/h4-13,20H,3H2,1-2H3/b14-7-. The number of aromatic hydroxyl groups is 1. The predicted molar refractivity (Wildman–Crippen MR) is 93.3 cm³/mol. The predicted octanol–water partition coefficient (Wildman–Crippen LogP) is 3.47. The van der Waals surface area contributed by atoms with E-state index in [-0.39, 0.29) is 16.3 Å². The Balaban J connectivity index is 2.61. The van der Waals surface area contributed by atoms with E-state index in [1.54, 1.807) is 31.2 Å². The van der Waals surface area contributed by atoms with Gasteiger partial charge in [0.2, 0.25) is 0 Å². The number of amides is 1. The molecule has 2 aromatic carbocycles. The molecule has 5 nitrogen and oxygen atoms in total. The van der Waals surface area contributed by atoms with E-state index in [1.165, 1.54) is 36.4 Å². The molecule has 0 bridgehead atoms. The lowest BCUT2D eigenvalue weighted by atomic mass is 10.2. The van der Waals surface area contributed by atoms with Crippen molar-refractivity contribution in [2.75, 3.05) is 4.31 Å². The van der Waals surface area contributed by atoms with Crippen LogP contribution in [-0.2, 0) is 14.8 Å². The topological polar surface area (TPSA) is 74.7 Å². The Kier molecular flexibility index (Phi) is 5.41. The molecule has 0 heterocycles. The second kappa shape index (κ2) is 7.31. The lowest BCUT2D eigenvalue weighted by molar-refractivity contribution is -0.114. The van der Waals surface area contributed by atoms with Gasteiger partial charge in [-0.1, -0.05) is 31.2 Å². The fraction of sp³-hybridized carbons (Fsp3) is 0.167. The first kappa shape index (κ1) is 17.7. The van der Waals surface area contributed by atoms with Crippen molar-refractivity contribution in [3.63, 3.8) is 0 Å². The number of phenols is 1. The first-order valence-corrected chi connectivity index (χ1v) is 8.92. The summed E-state index contributed by atoms with van der Waals surface area (Å²) in [5.74, 6) is -0.629. The summed E-state index contributed by atoms with van der Waals surface area (Å²) in [6.45, 7) is 3.45. The van der Waals surface area contributed by atoms with Crippen molar-refractivity contribution in [3.8, 4) is 5.75 Å². The van der Waals surface area contributed by atoms with Crippen molar-refractivity contribution < 1.29 is 18.3 Å². The third-order valence-electron chi connectivity index (χ3n) is 3.40. The second-order valence-electron chi connectivity index (χ2n) is 5.20. The molecule has 0 fully saturated rings. The first-order valence-electron chi connectivity index (χ1n) is 7.48. The van der Waals surface area contributed by atoms with E-state index in [2.05, 4.69) is 0 Å². The number of allylic oxidation sites excluding steroid dienone is 1. The van der Waals surface area contributed by atoms with Gasteiger partial charge in [0.05, 0.1) is 10.6 Å². The van der Waals surface area contributed by atoms with Gasteiger partial charge in [-0.2, -0.15) is 4.31 Å². The van der Waals surface area contributed by atoms with Crippen LogP contribution in [0.4, 0.5) is 5.69 Å². The van der Waals surface area contributed by atoms with Gasteiger partial charge in [-0.15, -0.1) is 0 Å². The Morgan fingerprint density at radius 1 is 1.08 bits per heavy atom. The van der Waals surface area contributed by atoms with Crippen LogP contribution in [0.15, 0.2) is 71.1 Å². The van der Waals surface area contributed by atoms with Crippen molar-refractivity contribution in [2.24, 2.45) is 0 Å². The number of benzene rings is 2. The van der Waals surface area contributed by atoms with Gasteiger partial charge in [0.1, 0.15) is 5.75 Å². The molecule has 0 aliphatic heterocycles. The molecule has 0 radical (unpaired) electrons. The minimum Gasteiger partial charge on any atom is -0.508 e. The highest BCUT2D eigenvalue weighted by Crippen LogP contribution is 2.27. The number of nitrogens with zero attached hydrogens (tertiary/aromatic N) is 1. The lowest BCUT2D eigenvalue weighted by Crippen LogP contribution is -2.37. The zero-order chi connectivity index (χ0) is 17.7. The number of carbonyl (C=O) groups is 1. The zero-order valence-electron chi connectivity index (χ0n) is 13.5. The maximum atomic E-state index is 13.0. The maximum absolute atomic E-state index is 13.0. The van der Waals surface area contributed by atoms with Crippen LogP contribution >= 0.6 is 0 Å². The molecule has 0 unspecified atom stereocenters. The van der Waals surface area contributed by atoms with Gasteiger partial charge in [-0.25, -0.2) is 8.42 Å². The van der Waals surface area contributed by atoms with Crippen molar-refractivity contribution >= 4 is 21.6 Å². The maximum Gasteiger partial charge on any atom is 0.271 e. The van der Waals surface area contributed by atoms with Crippen molar-refractivity contribution in [2.45, 2.75) is 25.2 Å². The van der Waals surface area contributed by atoms with Crippen LogP contribution in [0.25, 0.3) is 0 Å². The summed E-state index contributed by atoms with van der Waals surface area (Å²) in [6.07, 6.45) is 2.29. The van der Waals surface area contributed by atoms with Crippen molar-refractivity contribution in [1.82, 2.24) is 0 Å². The van der Waals surface area contributed by atoms with Crippen LogP contribution in [0, 0.1) is 0 Å². The van der Waals surface area contributed by atoms with Crippen LogP contribution in [0.3, 0.4) is 0 Å². The Morgan fingerprint density at radius 3 is 2.21 bits per heavy atom. The number of carbonyl (C=O) groups excluding carboxylic acids is 1. The van der Waals surface area contributed by atoms with Gasteiger partial charge in [-0.05, 0) is 49.7 Å². The SMILES string of the molecule is CC/C=C(/C)C(=O)N(c1ccc(O)cc1)S(=O)(=O)c1ccccc1. The van der Waals surface area contributed by atoms with E-state index in [1.807, 2.05) is 6.92 Å². The highest BCUT2D eigenvalue weighted by atomic mass is 32.2. The van der Waals surface area contributed by atoms with E-state index in [0.29, 0.717) is 12.0 Å². The highest BCUT2D eigenvalue weighted by molar-refractivity contribution is 7.93. The molecule has 2 aromatic rings. The van der Waals surface area contributed by atoms with E-state index in [9.17, 15) is 18.3 Å². The molecule has 6 heteroatoms. The van der Waals surface area contributed by atoms with Gasteiger partial charge >= 0.3 is 0 Å². The number of hydrogen-bond acceptors (Lipinski definition) is 4. The summed E-state index contributed by atoms with van der Waals surface area (Å²) in [6, 6.07) is 13.3. The third kappa shape index (κ3) is 3.65. The molecule has 1 N–H and O–H groups in total. The summed E-state index contributed by atoms with van der Waals surface area (Å²) in [7, 11) is -4.07. The molecule has 0 aromatic heterocycles. The average molecular weight is 345 g/mol. The van der Waals surface area contributed by atoms with Crippen LogP contribution in [-0.4, -0.2) is 19.4 Å². The van der Waals surface area contributed by atoms with E-state index >= 15 is 0 Å². The Labute approximate surface area is 141 Å². The average Bonchev–Trinajstić information content (AvgIpc) is 2.57. The molecule has 1 amide bonds. The normalized spacial score (nSPS) is 12.0. The number of sulfonamides is 1. The van der Waals surface area contributed by atoms with Gasteiger partial charge in [0, 0.05) is 5.57 Å². The van der Waals surface area contributed by atoms with Crippen LogP contribution < -0.4 is 4.31 Å². The third-order valence-corrected chi connectivity index (χ3v) is 5.12. The number of rotatable bonds is 5. The van der Waals surface area contributed by atoms with Gasteiger partial charge < -0.3 is 5.11 Å². The fourth-order valence-electron chi connectivity index (χ4n) is 2.20. The summed E-state index contributed by atoms with van der Waals surface area (Å²) in [5.41, 5.74) is 0.510. The van der Waals surface area contributed by atoms with E-state index < -0.39 is 15.9 Å². The second-order valence-corrected chi connectivity index (χ2v) is 6.99. The Morgan fingerprint density at radius 2 is 1.67 bits per heavy atom. The van der Waals surface area contributed by atoms with Crippen LogP contribution in [0.5, 0.6) is 5.75 Å². The fourth-order valence-corrected chi connectivity index (χ4v) is 3.68. The van der Waals surface area contributed by atoms with Gasteiger partial charge in [0.15, 0.2) is 0 Å². The van der Waals surface area contributed by atoms with E-state index in [0.717, 1.165) is 4.31 Å². The number of hydrogen-bond donors (Lipinski definition) is 1. The lowest BCUT2D eigenvalue weighted by Gasteiger charge is -2.23. The summed E-state index contributed by atoms with van der Waals surface area (Å²) in [5, 5.41) is 9.43. The number of phenolic OH excluding ortho intramolecular Hbond substituents is 1. The molecule has 0 saturated carbocycles. The molecule has 0 aliphatic carbocycles. The minimum absolute atomic E-state index is 0.0101. The summed E-state index contributed by atoms with van der Waals surface area (Å²) in [4.78, 5) is 12.8. The monoisotopic (exact) mass is 345 g/mol. The van der Waals surface area contributed by atoms with E-state index in [4.69, 9.17) is 0 Å². The van der Waals surface area contributed by atoms with Gasteiger partial charge in [-0.3, -0.25) is 4.79 Å². The highest BCUT2D eigenvalue weighted by Gasteiger charge is 2.31. The quantitative estimate of drug-likeness (QED) is 0.842. The number of anilines is 1. The molecule has 0 spiro atoms. The molecular formula is C18H19NO4S. The molecule has 0 saturated heterocycles. The Hall–Kier alpha value is -2.60. The van der Waals surface area contributed by atoms with Crippen molar-refractivity contribution in [3.05, 3.63) is 66.2 Å². The molecule has 126 valence electrons. The summed E-state index contributed by atoms with van der Waals surface area (Å²) >= 11 is 0. The molecular weight excluding hydrogens is 326 g/mol. The zero-order valence-corrected chi connectivity index (χ0v) is 14.3. The van der Waals surface area contributed by atoms with Crippen molar-refractivity contribution in [1.29, 1.82) is 0 Å². The summed E-state index contributed by atoms with van der Waals surface area (Å²) < 4.78 is 26.7.